The number of aliphatic hydroxyl groups excluding tert-OH is 2. The smallest absolute Gasteiger partial charge is 0.344 e. The maximum Gasteiger partial charge on any atom is 0.344 e. The molecule has 6 nitrogen and oxygen atoms in total. The first-order chi connectivity index (χ1) is 17.0. The molecule has 4 aliphatic carbocycles. The zero-order valence-corrected chi connectivity index (χ0v) is 23.2. The van der Waals surface area contributed by atoms with E-state index in [2.05, 4.69) is 20.8 Å². The second kappa shape index (κ2) is 10.9. The van der Waals surface area contributed by atoms with E-state index in [1.165, 1.54) is 19.3 Å². The fourth-order valence-corrected chi connectivity index (χ4v) is 9.22. The number of fused-ring (bicyclic) bond motifs is 5. The summed E-state index contributed by atoms with van der Waals surface area (Å²) < 4.78 is 10.2. The fourth-order valence-electron chi connectivity index (χ4n) is 9.22. The second-order valence-corrected chi connectivity index (χ2v) is 13.6. The number of esters is 2. The van der Waals surface area contributed by atoms with E-state index in [-0.39, 0.29) is 41.5 Å². The van der Waals surface area contributed by atoms with E-state index < -0.39 is 5.97 Å². The van der Waals surface area contributed by atoms with Gasteiger partial charge in [-0.25, -0.2) is 4.79 Å². The molecule has 0 spiro atoms. The van der Waals surface area contributed by atoms with Crippen molar-refractivity contribution in [1.82, 2.24) is 0 Å². The van der Waals surface area contributed by atoms with Gasteiger partial charge in [-0.2, -0.15) is 0 Å². The van der Waals surface area contributed by atoms with Crippen LogP contribution in [0.5, 0.6) is 0 Å². The maximum absolute atomic E-state index is 12.3. The second-order valence-electron chi connectivity index (χ2n) is 13.6. The maximum atomic E-state index is 12.3. The number of hydrogen-bond donors (Lipinski definition) is 2. The Hall–Kier alpha value is -1.14. The molecule has 4 aliphatic rings. The summed E-state index contributed by atoms with van der Waals surface area (Å²) in [4.78, 5) is 24.1. The van der Waals surface area contributed by atoms with Crippen LogP contribution in [0.3, 0.4) is 0 Å². The first kappa shape index (κ1) is 27.9. The molecule has 0 heterocycles. The number of carbonyl (C=O) groups is 2. The van der Waals surface area contributed by atoms with Gasteiger partial charge >= 0.3 is 11.9 Å². The summed E-state index contributed by atoms with van der Waals surface area (Å²) in [5.74, 6) is 2.44. The van der Waals surface area contributed by atoms with Crippen molar-refractivity contribution in [2.75, 3.05) is 13.2 Å². The highest BCUT2D eigenvalue weighted by atomic mass is 16.6. The molecule has 10 atom stereocenters. The van der Waals surface area contributed by atoms with Crippen molar-refractivity contribution in [1.29, 1.82) is 0 Å². The molecule has 0 amide bonds. The van der Waals surface area contributed by atoms with Crippen LogP contribution in [0, 0.1) is 52.3 Å². The van der Waals surface area contributed by atoms with Gasteiger partial charge in [-0.1, -0.05) is 34.6 Å². The number of carbonyl (C=O) groups excluding carboxylic acids is 2. The van der Waals surface area contributed by atoms with Crippen molar-refractivity contribution < 1.29 is 29.3 Å². The Labute approximate surface area is 217 Å². The summed E-state index contributed by atoms with van der Waals surface area (Å²) in [7, 11) is 0. The largest absolute Gasteiger partial charge is 0.463 e. The van der Waals surface area contributed by atoms with Crippen molar-refractivity contribution in [2.24, 2.45) is 52.3 Å². The van der Waals surface area contributed by atoms with Gasteiger partial charge in [0.15, 0.2) is 6.61 Å². The molecule has 0 aliphatic heterocycles. The molecule has 4 fully saturated rings. The molecule has 0 aromatic carbocycles. The highest BCUT2D eigenvalue weighted by Crippen LogP contribution is 2.68. The Morgan fingerprint density at radius 3 is 2.39 bits per heavy atom. The Morgan fingerprint density at radius 1 is 0.917 bits per heavy atom. The van der Waals surface area contributed by atoms with E-state index in [9.17, 15) is 19.8 Å². The zero-order valence-electron chi connectivity index (χ0n) is 23.2. The molecule has 0 aromatic rings. The molecule has 36 heavy (non-hydrogen) atoms. The molecule has 2 N–H and O–H groups in total. The van der Waals surface area contributed by atoms with Crippen LogP contribution in [0.25, 0.3) is 0 Å². The lowest BCUT2D eigenvalue weighted by Gasteiger charge is -2.62. The molecule has 0 bridgehead atoms. The van der Waals surface area contributed by atoms with Crippen molar-refractivity contribution in [3.8, 4) is 0 Å². The lowest BCUT2D eigenvalue weighted by molar-refractivity contribution is -0.175. The molecule has 0 unspecified atom stereocenters. The van der Waals surface area contributed by atoms with Gasteiger partial charge in [-0.05, 0) is 110 Å². The summed E-state index contributed by atoms with van der Waals surface area (Å²) in [6.45, 7) is 10.9. The van der Waals surface area contributed by atoms with Crippen LogP contribution in [-0.2, 0) is 19.1 Å². The van der Waals surface area contributed by atoms with Gasteiger partial charge in [-0.15, -0.1) is 0 Å². The molecule has 0 radical (unpaired) electrons. The average Bonchev–Trinajstić information content (AvgIpc) is 3.19. The summed E-state index contributed by atoms with van der Waals surface area (Å²) >= 11 is 0. The van der Waals surface area contributed by atoms with Crippen LogP contribution in [0.15, 0.2) is 0 Å². The van der Waals surface area contributed by atoms with Crippen LogP contribution < -0.4 is 0 Å². The first-order valence-electron chi connectivity index (χ1n) is 14.6. The molecular formula is C30H50O6. The standard InChI is InChI=1S/C30H50O6/c1-18(2)16-35-28(34)17-36-27(33)11-6-19(3)23-9-10-24-22-8-7-20-14-21(31)12-13-29(20,4)25(22)15-26(32)30(23,24)5/h18-26,31-32H,6-17H2,1-5H3/t19-,20-,21-,22+,23-,24+,25+,26+,29+,30-/m1/s1. The highest BCUT2D eigenvalue weighted by molar-refractivity contribution is 5.76. The van der Waals surface area contributed by atoms with Crippen molar-refractivity contribution >= 4 is 11.9 Å². The van der Waals surface area contributed by atoms with Crippen molar-refractivity contribution in [3.63, 3.8) is 0 Å². The normalized spacial score (nSPS) is 42.7. The van der Waals surface area contributed by atoms with Gasteiger partial charge in [0.2, 0.25) is 0 Å². The van der Waals surface area contributed by atoms with E-state index in [0.29, 0.717) is 55.0 Å². The van der Waals surface area contributed by atoms with Crippen LogP contribution in [-0.4, -0.2) is 47.6 Å². The third-order valence-corrected chi connectivity index (χ3v) is 11.2. The molecule has 4 saturated carbocycles. The minimum atomic E-state index is -0.494. The Morgan fingerprint density at radius 2 is 1.67 bits per heavy atom. The van der Waals surface area contributed by atoms with E-state index in [0.717, 1.165) is 32.1 Å². The molecule has 206 valence electrons. The highest BCUT2D eigenvalue weighted by Gasteiger charge is 2.63. The Kier molecular flexibility index (Phi) is 8.46. The van der Waals surface area contributed by atoms with E-state index in [1.807, 2.05) is 13.8 Å². The predicted octanol–water partition coefficient (Wildman–Crippen LogP) is 5.14. The third kappa shape index (κ3) is 5.23. The number of ether oxygens (including phenoxy) is 2. The minimum Gasteiger partial charge on any atom is -0.463 e. The van der Waals surface area contributed by atoms with Crippen molar-refractivity contribution in [2.45, 2.75) is 111 Å². The average molecular weight is 507 g/mol. The topological polar surface area (TPSA) is 93.1 Å². The monoisotopic (exact) mass is 506 g/mol. The van der Waals surface area contributed by atoms with Gasteiger partial charge in [0.25, 0.3) is 0 Å². The van der Waals surface area contributed by atoms with Gasteiger partial charge in [0.05, 0.1) is 18.8 Å². The molecule has 6 heteroatoms. The van der Waals surface area contributed by atoms with E-state index in [1.54, 1.807) is 0 Å². The van der Waals surface area contributed by atoms with Gasteiger partial charge < -0.3 is 19.7 Å². The number of hydrogen-bond acceptors (Lipinski definition) is 6. The van der Waals surface area contributed by atoms with Gasteiger partial charge in [0, 0.05) is 6.42 Å². The minimum absolute atomic E-state index is 0.109. The summed E-state index contributed by atoms with van der Waals surface area (Å²) in [6, 6.07) is 0. The lowest BCUT2D eigenvalue weighted by Crippen LogP contribution is -2.58. The van der Waals surface area contributed by atoms with Crippen LogP contribution in [0.1, 0.15) is 98.8 Å². The van der Waals surface area contributed by atoms with Gasteiger partial charge in [-0.3, -0.25) is 4.79 Å². The Bertz CT molecular complexity index is 796. The Balaban J connectivity index is 1.34. The van der Waals surface area contributed by atoms with Crippen LogP contribution >= 0.6 is 0 Å². The zero-order chi connectivity index (χ0) is 26.3. The predicted molar refractivity (Wildman–Crippen MR) is 138 cm³/mol. The summed E-state index contributed by atoms with van der Waals surface area (Å²) in [5.41, 5.74) is 0.136. The number of rotatable bonds is 8. The fraction of sp³-hybridized carbons (Fsp3) is 0.933. The SMILES string of the molecule is CC(C)COC(=O)COC(=O)CC[C@@H](C)[C@H]1CC[C@H]2[C@@H]3CC[C@@H]4C[C@H](O)CC[C@]4(C)[C@H]3C[C@H](O)[C@]12C. The molecule has 4 rings (SSSR count). The van der Waals surface area contributed by atoms with Crippen molar-refractivity contribution in [3.05, 3.63) is 0 Å². The van der Waals surface area contributed by atoms with Gasteiger partial charge in [0.1, 0.15) is 0 Å². The number of aliphatic hydroxyl groups is 2. The molecule has 0 aromatic heterocycles. The van der Waals surface area contributed by atoms with Crippen LogP contribution in [0.2, 0.25) is 0 Å². The lowest BCUT2D eigenvalue weighted by atomic mass is 9.43. The molecule has 0 saturated heterocycles. The molecular weight excluding hydrogens is 456 g/mol. The quantitative estimate of drug-likeness (QED) is 0.443. The first-order valence-corrected chi connectivity index (χ1v) is 14.6. The third-order valence-electron chi connectivity index (χ3n) is 11.2. The summed E-state index contributed by atoms with van der Waals surface area (Å²) in [5, 5.41) is 22.0. The summed E-state index contributed by atoms with van der Waals surface area (Å²) in [6.07, 6.45) is 9.06. The van der Waals surface area contributed by atoms with E-state index in [4.69, 9.17) is 9.47 Å². The van der Waals surface area contributed by atoms with Crippen LogP contribution in [0.4, 0.5) is 0 Å². The van der Waals surface area contributed by atoms with E-state index >= 15 is 0 Å².